The lowest BCUT2D eigenvalue weighted by Crippen LogP contribution is -2.05. The molecule has 0 radical (unpaired) electrons. The topological polar surface area (TPSA) is 61.8 Å². The second kappa shape index (κ2) is 7.21. The fourth-order valence-corrected chi connectivity index (χ4v) is 2.45. The van der Waals surface area contributed by atoms with E-state index >= 15 is 0 Å². The molecule has 0 unspecified atom stereocenters. The van der Waals surface area contributed by atoms with Crippen molar-refractivity contribution in [2.24, 2.45) is 0 Å². The maximum absolute atomic E-state index is 12.5. The lowest BCUT2D eigenvalue weighted by atomic mass is 10.1. The molecule has 0 saturated carbocycles. The summed E-state index contributed by atoms with van der Waals surface area (Å²) in [6, 6.07) is 12.1. The molecule has 0 atom stereocenters. The van der Waals surface area contributed by atoms with Crippen molar-refractivity contribution >= 4 is 17.8 Å². The van der Waals surface area contributed by atoms with E-state index in [4.69, 9.17) is 14.2 Å². The molecule has 3 rings (SSSR count). The van der Waals surface area contributed by atoms with Gasteiger partial charge in [0.2, 0.25) is 5.78 Å². The Morgan fingerprint density at radius 1 is 1.12 bits per heavy atom. The van der Waals surface area contributed by atoms with E-state index in [1.54, 1.807) is 49.4 Å². The van der Waals surface area contributed by atoms with Gasteiger partial charge in [0.25, 0.3) is 0 Å². The third kappa shape index (κ3) is 3.71. The van der Waals surface area contributed by atoms with Crippen molar-refractivity contribution in [1.82, 2.24) is 0 Å². The van der Waals surface area contributed by atoms with Crippen molar-refractivity contribution in [3.63, 3.8) is 0 Å². The van der Waals surface area contributed by atoms with Crippen molar-refractivity contribution in [2.45, 2.75) is 20.3 Å². The van der Waals surface area contributed by atoms with Crippen LogP contribution >= 0.6 is 0 Å². The maximum atomic E-state index is 12.5. The highest BCUT2D eigenvalue weighted by Crippen LogP contribution is 2.35. The van der Waals surface area contributed by atoms with Crippen LogP contribution in [0.1, 0.15) is 36.2 Å². The highest BCUT2D eigenvalue weighted by atomic mass is 16.5. The number of fused-ring (bicyclic) bond motifs is 1. The molecule has 25 heavy (non-hydrogen) atoms. The Bertz CT molecular complexity index is 851. The van der Waals surface area contributed by atoms with Gasteiger partial charge in [0, 0.05) is 12.5 Å². The number of hydrogen-bond donors (Lipinski definition) is 0. The molecule has 0 aliphatic carbocycles. The second-order valence-corrected chi connectivity index (χ2v) is 5.43. The van der Waals surface area contributed by atoms with Crippen LogP contribution < -0.4 is 14.2 Å². The molecule has 1 heterocycles. The number of carbonyl (C=O) groups is 2. The summed E-state index contributed by atoms with van der Waals surface area (Å²) in [4.78, 5) is 23.9. The summed E-state index contributed by atoms with van der Waals surface area (Å²) in [7, 11) is 0. The highest BCUT2D eigenvalue weighted by molar-refractivity contribution is 6.14. The molecular weight excluding hydrogens is 320 g/mol. The minimum atomic E-state index is -0.311. The van der Waals surface area contributed by atoms with Gasteiger partial charge in [-0.3, -0.25) is 9.59 Å². The zero-order chi connectivity index (χ0) is 17.8. The van der Waals surface area contributed by atoms with Crippen molar-refractivity contribution in [2.75, 3.05) is 6.61 Å². The third-order valence-corrected chi connectivity index (χ3v) is 3.63. The van der Waals surface area contributed by atoms with Crippen LogP contribution in [0, 0.1) is 0 Å². The van der Waals surface area contributed by atoms with Gasteiger partial charge < -0.3 is 14.2 Å². The maximum Gasteiger partial charge on any atom is 0.310 e. The molecule has 1 aliphatic heterocycles. The summed E-state index contributed by atoms with van der Waals surface area (Å²) < 4.78 is 16.3. The summed E-state index contributed by atoms with van der Waals surface area (Å²) >= 11 is 0. The Morgan fingerprint density at radius 3 is 2.72 bits per heavy atom. The van der Waals surface area contributed by atoms with E-state index in [1.807, 2.05) is 13.0 Å². The second-order valence-electron chi connectivity index (χ2n) is 5.43. The zero-order valence-electron chi connectivity index (χ0n) is 14.1. The summed E-state index contributed by atoms with van der Waals surface area (Å²) in [6.45, 7) is 4.16. The van der Waals surface area contributed by atoms with Crippen LogP contribution in [-0.4, -0.2) is 18.4 Å². The Hall–Kier alpha value is -3.08. The van der Waals surface area contributed by atoms with Gasteiger partial charge in [-0.25, -0.2) is 0 Å². The van der Waals surface area contributed by atoms with Crippen LogP contribution in [0.2, 0.25) is 0 Å². The molecule has 0 N–H and O–H groups in total. The smallest absolute Gasteiger partial charge is 0.310 e. The molecule has 128 valence electrons. The number of rotatable bonds is 5. The predicted octanol–water partition coefficient (Wildman–Crippen LogP) is 4.02. The molecule has 0 amide bonds. The summed E-state index contributed by atoms with van der Waals surface area (Å²) in [6.07, 6.45) is 1.93. The highest BCUT2D eigenvalue weighted by Gasteiger charge is 2.27. The van der Waals surface area contributed by atoms with Gasteiger partial charge in [0.1, 0.15) is 17.2 Å². The molecule has 1 aliphatic rings. The van der Waals surface area contributed by atoms with Gasteiger partial charge in [-0.1, -0.05) is 19.1 Å². The molecule has 0 saturated heterocycles. The number of carbonyl (C=O) groups excluding carboxylic acids is 2. The van der Waals surface area contributed by atoms with Crippen molar-refractivity contribution in [1.29, 1.82) is 0 Å². The van der Waals surface area contributed by atoms with E-state index in [9.17, 15) is 9.59 Å². The minimum Gasteiger partial charge on any atom is -0.494 e. The van der Waals surface area contributed by atoms with Gasteiger partial charge in [-0.05, 0) is 42.8 Å². The Balaban J connectivity index is 1.84. The largest absolute Gasteiger partial charge is 0.494 e. The molecule has 0 bridgehead atoms. The van der Waals surface area contributed by atoms with Crippen LogP contribution in [0.4, 0.5) is 0 Å². The van der Waals surface area contributed by atoms with Crippen LogP contribution in [0.5, 0.6) is 17.2 Å². The molecule has 2 aromatic rings. The first-order valence-electron chi connectivity index (χ1n) is 8.12. The van der Waals surface area contributed by atoms with E-state index in [0.717, 1.165) is 0 Å². The van der Waals surface area contributed by atoms with Gasteiger partial charge in [0.05, 0.1) is 12.2 Å². The summed E-state index contributed by atoms with van der Waals surface area (Å²) in [5.74, 6) is 1.30. The van der Waals surface area contributed by atoms with E-state index in [1.165, 1.54) is 0 Å². The number of ketones is 1. The van der Waals surface area contributed by atoms with E-state index in [2.05, 4.69) is 0 Å². The minimum absolute atomic E-state index is 0.186. The molecule has 5 heteroatoms. The standard InChI is InChI=1S/C20H18O5/c1-3-19(21)24-15-7-5-6-13(10-15)11-18-20(22)16-9-8-14(23-4-2)12-17(16)25-18/h5-12H,3-4H2,1-2H3/b18-11-. The van der Waals surface area contributed by atoms with E-state index in [0.29, 0.717) is 41.4 Å². The quantitative estimate of drug-likeness (QED) is 0.468. The molecule has 0 aromatic heterocycles. The van der Waals surface area contributed by atoms with Crippen molar-refractivity contribution in [3.05, 3.63) is 59.4 Å². The number of ether oxygens (including phenoxy) is 3. The Labute approximate surface area is 145 Å². The molecule has 0 spiro atoms. The number of allylic oxidation sites excluding steroid dienone is 1. The van der Waals surface area contributed by atoms with E-state index < -0.39 is 0 Å². The predicted molar refractivity (Wildman–Crippen MR) is 92.9 cm³/mol. The summed E-state index contributed by atoms with van der Waals surface area (Å²) in [5.41, 5.74) is 1.21. The van der Waals surface area contributed by atoms with Gasteiger partial charge in [0.15, 0.2) is 5.76 Å². The monoisotopic (exact) mass is 338 g/mol. The summed E-state index contributed by atoms with van der Waals surface area (Å²) in [5, 5.41) is 0. The first-order valence-corrected chi connectivity index (χ1v) is 8.12. The van der Waals surface area contributed by atoms with Crippen molar-refractivity contribution < 1.29 is 23.8 Å². The molecular formula is C20H18O5. The van der Waals surface area contributed by atoms with Crippen LogP contribution in [0.3, 0.4) is 0 Å². The first kappa shape index (κ1) is 16.8. The SMILES string of the molecule is CCOc1ccc2c(c1)O/C(=C\c1cccc(OC(=O)CC)c1)C2=O. The molecule has 5 nitrogen and oxygen atoms in total. The van der Waals surface area contributed by atoms with Gasteiger partial charge in [-0.15, -0.1) is 0 Å². The molecule has 0 fully saturated rings. The van der Waals surface area contributed by atoms with Crippen LogP contribution in [-0.2, 0) is 4.79 Å². The fraction of sp³-hybridized carbons (Fsp3) is 0.200. The number of Topliss-reactive ketones (excluding diaryl/α,β-unsaturated/α-hetero) is 1. The first-order chi connectivity index (χ1) is 12.1. The van der Waals surface area contributed by atoms with Crippen molar-refractivity contribution in [3.8, 4) is 17.2 Å². The van der Waals surface area contributed by atoms with Gasteiger partial charge >= 0.3 is 5.97 Å². The van der Waals surface area contributed by atoms with Gasteiger partial charge in [-0.2, -0.15) is 0 Å². The third-order valence-electron chi connectivity index (χ3n) is 3.63. The Kier molecular flexibility index (Phi) is 4.84. The average molecular weight is 338 g/mol. The fourth-order valence-electron chi connectivity index (χ4n) is 2.45. The zero-order valence-corrected chi connectivity index (χ0v) is 14.1. The number of benzene rings is 2. The average Bonchev–Trinajstić information content (AvgIpc) is 2.91. The van der Waals surface area contributed by atoms with Crippen LogP contribution in [0.25, 0.3) is 6.08 Å². The lowest BCUT2D eigenvalue weighted by molar-refractivity contribution is -0.134. The van der Waals surface area contributed by atoms with E-state index in [-0.39, 0.29) is 17.5 Å². The lowest BCUT2D eigenvalue weighted by Gasteiger charge is -2.04. The van der Waals surface area contributed by atoms with Crippen LogP contribution in [0.15, 0.2) is 48.2 Å². The Morgan fingerprint density at radius 2 is 1.96 bits per heavy atom. The number of esters is 1. The normalized spacial score (nSPS) is 14.2. The molecule has 2 aromatic carbocycles. The number of hydrogen-bond acceptors (Lipinski definition) is 5.